The van der Waals surface area contributed by atoms with Gasteiger partial charge < -0.3 is 9.47 Å². The topological polar surface area (TPSA) is 35.5 Å². The van der Waals surface area contributed by atoms with Crippen molar-refractivity contribution in [3.63, 3.8) is 0 Å². The van der Waals surface area contributed by atoms with Gasteiger partial charge in [-0.15, -0.1) is 0 Å². The predicted molar refractivity (Wildman–Crippen MR) is 111 cm³/mol. The lowest BCUT2D eigenvalue weighted by Crippen LogP contribution is -2.32. The van der Waals surface area contributed by atoms with Crippen LogP contribution >= 0.6 is 0 Å². The molecule has 0 N–H and O–H groups in total. The Morgan fingerprint density at radius 3 is 1.25 bits per heavy atom. The van der Waals surface area contributed by atoms with Crippen molar-refractivity contribution in [3.8, 4) is 11.5 Å². The molecule has 0 spiro atoms. The van der Waals surface area contributed by atoms with Crippen LogP contribution in [-0.2, 0) is 15.6 Å². The molecule has 0 aromatic heterocycles. The number of ether oxygens (including phenoxy) is 2. The molecule has 0 unspecified atom stereocenters. The van der Waals surface area contributed by atoms with Crippen molar-refractivity contribution in [1.29, 1.82) is 0 Å². The third-order valence-electron chi connectivity index (χ3n) is 5.93. The van der Waals surface area contributed by atoms with Gasteiger partial charge in [-0.05, 0) is 88.8 Å². The second kappa shape index (κ2) is 6.95. The fraction of sp³-hybridized carbons (Fsp3) is 0.480. The van der Waals surface area contributed by atoms with E-state index >= 15 is 0 Å². The standard InChI is InChI=1S/C25H30O3/c1-17(2)27-21-9-5-19(6-10-21)24(13-14-24)23(26)25(15-16-25)20-7-11-22(12-8-20)28-18(3)4/h5-12,17-18H,13-16H2,1-4H3. The fourth-order valence-corrected chi connectivity index (χ4v) is 4.25. The minimum absolute atomic E-state index is 0.153. The first-order chi connectivity index (χ1) is 13.4. The van der Waals surface area contributed by atoms with E-state index in [2.05, 4.69) is 24.3 Å². The van der Waals surface area contributed by atoms with E-state index in [4.69, 9.17) is 9.47 Å². The molecule has 2 aliphatic rings. The molecule has 0 atom stereocenters. The van der Waals surface area contributed by atoms with Crippen molar-refractivity contribution >= 4 is 5.78 Å². The molecule has 3 nitrogen and oxygen atoms in total. The predicted octanol–water partition coefficient (Wildman–Crippen LogP) is 5.59. The zero-order valence-electron chi connectivity index (χ0n) is 17.3. The lowest BCUT2D eigenvalue weighted by molar-refractivity contribution is -0.124. The van der Waals surface area contributed by atoms with E-state index in [1.165, 1.54) is 0 Å². The van der Waals surface area contributed by atoms with Crippen LogP contribution in [0.1, 0.15) is 64.5 Å². The first-order valence-electron chi connectivity index (χ1n) is 10.5. The highest BCUT2D eigenvalue weighted by Gasteiger charge is 2.63. The van der Waals surface area contributed by atoms with E-state index in [1.807, 2.05) is 52.0 Å². The number of carbonyl (C=O) groups is 1. The lowest BCUT2D eigenvalue weighted by Gasteiger charge is -2.23. The number of carbonyl (C=O) groups excluding carboxylic acids is 1. The molecule has 2 aliphatic carbocycles. The largest absolute Gasteiger partial charge is 0.491 e. The van der Waals surface area contributed by atoms with Crippen LogP contribution in [0.25, 0.3) is 0 Å². The Kier molecular flexibility index (Phi) is 4.73. The Morgan fingerprint density at radius 1 is 0.679 bits per heavy atom. The number of hydrogen-bond acceptors (Lipinski definition) is 3. The van der Waals surface area contributed by atoms with E-state index in [0.29, 0.717) is 5.78 Å². The second-order valence-electron chi connectivity index (χ2n) is 8.88. The van der Waals surface area contributed by atoms with Gasteiger partial charge in [-0.1, -0.05) is 24.3 Å². The lowest BCUT2D eigenvalue weighted by atomic mass is 9.79. The van der Waals surface area contributed by atoms with E-state index in [9.17, 15) is 4.79 Å². The maximum atomic E-state index is 13.7. The monoisotopic (exact) mass is 378 g/mol. The van der Waals surface area contributed by atoms with Crippen molar-refractivity contribution in [1.82, 2.24) is 0 Å². The molecule has 148 valence electrons. The van der Waals surface area contributed by atoms with Crippen molar-refractivity contribution in [3.05, 3.63) is 59.7 Å². The number of Topliss-reactive ketones (excluding diaryl/α,β-unsaturated/α-hetero) is 1. The Bertz CT molecular complexity index is 767. The average Bonchev–Trinajstić information content (AvgIpc) is 3.56. The Hall–Kier alpha value is -2.29. The SMILES string of the molecule is CC(C)Oc1ccc(C2(C(=O)C3(c4ccc(OC(C)C)cc4)CC3)CC2)cc1. The maximum absolute atomic E-state index is 13.7. The van der Waals surface area contributed by atoms with Crippen molar-refractivity contribution < 1.29 is 14.3 Å². The van der Waals surface area contributed by atoms with Gasteiger partial charge in [0, 0.05) is 0 Å². The zero-order chi connectivity index (χ0) is 19.9. The van der Waals surface area contributed by atoms with Crippen LogP contribution in [0, 0.1) is 0 Å². The first-order valence-corrected chi connectivity index (χ1v) is 10.5. The van der Waals surface area contributed by atoms with Crippen LogP contribution in [0.15, 0.2) is 48.5 Å². The summed E-state index contributed by atoms with van der Waals surface area (Å²) in [5.74, 6) is 2.13. The minimum atomic E-state index is -0.306. The maximum Gasteiger partial charge on any atom is 0.153 e. The summed E-state index contributed by atoms with van der Waals surface area (Å²) < 4.78 is 11.5. The molecule has 2 aromatic rings. The van der Waals surface area contributed by atoms with Crippen LogP contribution in [0.3, 0.4) is 0 Å². The fourth-order valence-electron chi connectivity index (χ4n) is 4.25. The summed E-state index contributed by atoms with van der Waals surface area (Å²) in [5.41, 5.74) is 1.67. The average molecular weight is 379 g/mol. The van der Waals surface area contributed by atoms with Gasteiger partial charge in [0.1, 0.15) is 11.5 Å². The Morgan fingerprint density at radius 2 is 1.00 bits per heavy atom. The van der Waals surface area contributed by atoms with Gasteiger partial charge in [-0.2, -0.15) is 0 Å². The molecule has 0 amide bonds. The van der Waals surface area contributed by atoms with Crippen LogP contribution in [0.4, 0.5) is 0 Å². The minimum Gasteiger partial charge on any atom is -0.491 e. The smallest absolute Gasteiger partial charge is 0.153 e. The van der Waals surface area contributed by atoms with Gasteiger partial charge in [-0.25, -0.2) is 0 Å². The van der Waals surface area contributed by atoms with E-state index in [0.717, 1.165) is 48.3 Å². The summed E-state index contributed by atoms with van der Waals surface area (Å²) in [6, 6.07) is 16.3. The van der Waals surface area contributed by atoms with E-state index in [-0.39, 0.29) is 23.0 Å². The van der Waals surface area contributed by atoms with Crippen molar-refractivity contribution in [2.24, 2.45) is 0 Å². The summed E-state index contributed by atoms with van der Waals surface area (Å²) in [4.78, 5) is 13.7. The molecule has 0 saturated heterocycles. The van der Waals surface area contributed by atoms with Crippen molar-refractivity contribution in [2.75, 3.05) is 0 Å². The summed E-state index contributed by atoms with van der Waals surface area (Å²) in [5, 5.41) is 0. The van der Waals surface area contributed by atoms with Crippen LogP contribution < -0.4 is 9.47 Å². The summed E-state index contributed by atoms with van der Waals surface area (Å²) >= 11 is 0. The molecule has 28 heavy (non-hydrogen) atoms. The molecule has 2 saturated carbocycles. The number of ketones is 1. The zero-order valence-corrected chi connectivity index (χ0v) is 17.3. The second-order valence-corrected chi connectivity index (χ2v) is 8.88. The molecule has 4 rings (SSSR count). The van der Waals surface area contributed by atoms with E-state index in [1.54, 1.807) is 0 Å². The van der Waals surface area contributed by atoms with Gasteiger partial charge in [0.05, 0.1) is 23.0 Å². The highest BCUT2D eigenvalue weighted by molar-refractivity contribution is 6.03. The number of rotatable bonds is 8. The number of hydrogen-bond donors (Lipinski definition) is 0. The molecule has 2 aromatic carbocycles. The van der Waals surface area contributed by atoms with Crippen LogP contribution in [-0.4, -0.2) is 18.0 Å². The summed E-state index contributed by atoms with van der Waals surface area (Å²) in [6.45, 7) is 8.09. The van der Waals surface area contributed by atoms with Gasteiger partial charge >= 0.3 is 0 Å². The molecule has 0 bridgehead atoms. The molecule has 2 fully saturated rings. The molecule has 0 heterocycles. The summed E-state index contributed by atoms with van der Waals surface area (Å²) in [6.07, 6.45) is 4.11. The normalized spacial score (nSPS) is 18.8. The number of benzene rings is 2. The molecule has 0 radical (unpaired) electrons. The first kappa shape index (κ1) is 19.0. The van der Waals surface area contributed by atoms with E-state index < -0.39 is 0 Å². The molecule has 3 heteroatoms. The van der Waals surface area contributed by atoms with Crippen LogP contribution in [0.2, 0.25) is 0 Å². The van der Waals surface area contributed by atoms with Gasteiger partial charge in [-0.3, -0.25) is 4.79 Å². The van der Waals surface area contributed by atoms with Gasteiger partial charge in [0.2, 0.25) is 0 Å². The van der Waals surface area contributed by atoms with Crippen LogP contribution in [0.5, 0.6) is 11.5 Å². The highest BCUT2D eigenvalue weighted by atomic mass is 16.5. The Balaban J connectivity index is 1.55. The molecular formula is C25H30O3. The Labute approximate surface area is 168 Å². The third-order valence-corrected chi connectivity index (χ3v) is 5.93. The van der Waals surface area contributed by atoms with Crippen molar-refractivity contribution in [2.45, 2.75) is 76.4 Å². The van der Waals surface area contributed by atoms with Gasteiger partial charge in [0.25, 0.3) is 0 Å². The third kappa shape index (κ3) is 3.43. The quantitative estimate of drug-likeness (QED) is 0.600. The summed E-state index contributed by atoms with van der Waals surface area (Å²) in [7, 11) is 0. The molecule has 0 aliphatic heterocycles. The highest BCUT2D eigenvalue weighted by Crippen LogP contribution is 2.60. The molecular weight excluding hydrogens is 348 g/mol. The van der Waals surface area contributed by atoms with Gasteiger partial charge in [0.15, 0.2) is 5.78 Å².